The molecule has 0 aliphatic rings. The number of carbonyl (C=O) groups excluding carboxylic acids is 1. The summed E-state index contributed by atoms with van der Waals surface area (Å²) in [6.45, 7) is -0.344. The van der Waals surface area contributed by atoms with Crippen molar-refractivity contribution < 1.29 is 22.7 Å². The maximum atomic E-state index is 12.9. The number of amides is 1. The van der Waals surface area contributed by atoms with Gasteiger partial charge < -0.3 is 15.4 Å². The average Bonchev–Trinajstić information content (AvgIpc) is 2.52. The summed E-state index contributed by atoms with van der Waals surface area (Å²) >= 11 is 5.85. The Morgan fingerprint density at radius 1 is 1.17 bits per heavy atom. The summed E-state index contributed by atoms with van der Waals surface area (Å²) in [6.07, 6.45) is -4.50. The number of methoxy groups -OCH3 is 1. The Labute approximate surface area is 141 Å². The summed E-state index contributed by atoms with van der Waals surface area (Å²) in [7, 11) is 1.43. The highest BCUT2D eigenvalue weighted by atomic mass is 35.5. The van der Waals surface area contributed by atoms with E-state index in [1.165, 1.54) is 31.4 Å². The van der Waals surface area contributed by atoms with Gasteiger partial charge in [-0.05, 0) is 30.3 Å². The summed E-state index contributed by atoms with van der Waals surface area (Å²) in [5, 5.41) is 5.41. The molecule has 0 aliphatic heterocycles. The summed E-state index contributed by atoms with van der Waals surface area (Å²) in [5.41, 5.74) is -0.669. The van der Waals surface area contributed by atoms with Crippen molar-refractivity contribution in [3.8, 4) is 5.75 Å². The quantitative estimate of drug-likeness (QED) is 0.832. The van der Waals surface area contributed by atoms with E-state index in [9.17, 15) is 18.0 Å². The summed E-state index contributed by atoms with van der Waals surface area (Å²) < 4.78 is 43.8. The Balaban J connectivity index is 2.06. The van der Waals surface area contributed by atoms with E-state index in [2.05, 4.69) is 10.6 Å². The lowest BCUT2D eigenvalue weighted by Crippen LogP contribution is -2.23. The maximum absolute atomic E-state index is 12.9. The molecule has 2 aromatic carbocycles. The van der Waals surface area contributed by atoms with Crippen molar-refractivity contribution in [1.82, 2.24) is 0 Å². The smallest absolute Gasteiger partial charge is 0.418 e. The lowest BCUT2D eigenvalue weighted by molar-refractivity contribution is -0.137. The zero-order valence-electron chi connectivity index (χ0n) is 12.6. The van der Waals surface area contributed by atoms with Crippen molar-refractivity contribution in [2.75, 3.05) is 24.3 Å². The fraction of sp³-hybridized carbons (Fsp3) is 0.188. The highest BCUT2D eigenvalue weighted by Gasteiger charge is 2.33. The van der Waals surface area contributed by atoms with E-state index >= 15 is 0 Å². The zero-order chi connectivity index (χ0) is 17.7. The van der Waals surface area contributed by atoms with Crippen LogP contribution in [-0.2, 0) is 11.0 Å². The summed E-state index contributed by atoms with van der Waals surface area (Å²) in [6, 6.07) is 9.59. The molecule has 0 saturated heterocycles. The van der Waals surface area contributed by atoms with Crippen LogP contribution >= 0.6 is 11.6 Å². The Morgan fingerprint density at radius 2 is 1.88 bits per heavy atom. The van der Waals surface area contributed by atoms with Gasteiger partial charge >= 0.3 is 6.18 Å². The van der Waals surface area contributed by atoms with Crippen molar-refractivity contribution in [3.63, 3.8) is 0 Å². The first-order valence-electron chi connectivity index (χ1n) is 6.84. The molecule has 0 radical (unpaired) electrons. The fourth-order valence-corrected chi connectivity index (χ4v) is 2.20. The van der Waals surface area contributed by atoms with E-state index in [0.717, 1.165) is 6.07 Å². The molecule has 0 aromatic heterocycles. The third kappa shape index (κ3) is 4.55. The van der Waals surface area contributed by atoms with Gasteiger partial charge in [-0.2, -0.15) is 13.2 Å². The second-order valence-electron chi connectivity index (χ2n) is 4.79. The zero-order valence-corrected chi connectivity index (χ0v) is 13.3. The van der Waals surface area contributed by atoms with Gasteiger partial charge in [0.1, 0.15) is 5.75 Å². The third-order valence-corrected chi connectivity index (χ3v) is 3.34. The van der Waals surface area contributed by atoms with E-state index in [1.807, 2.05) is 0 Å². The number of anilines is 2. The first-order valence-corrected chi connectivity index (χ1v) is 7.22. The first-order chi connectivity index (χ1) is 11.3. The van der Waals surface area contributed by atoms with Crippen LogP contribution in [0.1, 0.15) is 5.56 Å². The van der Waals surface area contributed by atoms with E-state index in [1.54, 1.807) is 12.1 Å². The molecule has 0 heterocycles. The van der Waals surface area contributed by atoms with Gasteiger partial charge in [-0.1, -0.05) is 23.7 Å². The van der Waals surface area contributed by atoms with Crippen LogP contribution in [0.15, 0.2) is 42.5 Å². The predicted octanol–water partition coefficient (Wildman–Crippen LogP) is 4.42. The van der Waals surface area contributed by atoms with Crippen molar-refractivity contribution >= 4 is 28.9 Å². The number of carbonyl (C=O) groups is 1. The van der Waals surface area contributed by atoms with Crippen LogP contribution in [0.3, 0.4) is 0 Å². The lowest BCUT2D eigenvalue weighted by atomic mass is 10.1. The van der Waals surface area contributed by atoms with Crippen LogP contribution in [0.4, 0.5) is 24.5 Å². The molecule has 8 heteroatoms. The molecule has 0 aliphatic carbocycles. The Kier molecular flexibility index (Phi) is 5.56. The van der Waals surface area contributed by atoms with Gasteiger partial charge in [0, 0.05) is 10.7 Å². The molecule has 0 spiro atoms. The lowest BCUT2D eigenvalue weighted by Gasteiger charge is -2.15. The summed E-state index contributed by atoms with van der Waals surface area (Å²) in [4.78, 5) is 12.0. The van der Waals surface area contributed by atoms with Gasteiger partial charge in [0.15, 0.2) is 0 Å². The molecule has 4 nitrogen and oxygen atoms in total. The van der Waals surface area contributed by atoms with Crippen molar-refractivity contribution in [2.24, 2.45) is 0 Å². The molecule has 0 unspecified atom stereocenters. The number of para-hydroxylation sites is 1. The van der Waals surface area contributed by atoms with Gasteiger partial charge in [0.25, 0.3) is 0 Å². The predicted molar refractivity (Wildman–Crippen MR) is 86.6 cm³/mol. The molecule has 2 N–H and O–H groups in total. The molecule has 0 saturated carbocycles. The van der Waals surface area contributed by atoms with Crippen LogP contribution in [0.5, 0.6) is 5.75 Å². The number of nitrogens with one attached hydrogen (secondary N) is 2. The van der Waals surface area contributed by atoms with Crippen LogP contribution < -0.4 is 15.4 Å². The van der Waals surface area contributed by atoms with Crippen molar-refractivity contribution in [1.29, 1.82) is 0 Å². The van der Waals surface area contributed by atoms with Gasteiger partial charge in [0.05, 0.1) is 24.9 Å². The highest BCUT2D eigenvalue weighted by molar-refractivity contribution is 6.31. The van der Waals surface area contributed by atoms with Crippen LogP contribution in [0.25, 0.3) is 0 Å². The van der Waals surface area contributed by atoms with Crippen LogP contribution in [0.2, 0.25) is 5.02 Å². The van der Waals surface area contributed by atoms with E-state index in [-0.39, 0.29) is 12.2 Å². The Bertz CT molecular complexity index is 736. The SMILES string of the molecule is COc1ccc(Cl)cc1NC(=O)CNc1ccccc1C(F)(F)F. The molecule has 128 valence electrons. The molecule has 0 atom stereocenters. The Hall–Kier alpha value is -2.41. The fourth-order valence-electron chi connectivity index (χ4n) is 2.03. The number of alkyl halides is 3. The molecular weight excluding hydrogens is 345 g/mol. The minimum atomic E-state index is -4.50. The number of hydrogen-bond acceptors (Lipinski definition) is 3. The van der Waals surface area contributed by atoms with Gasteiger partial charge in [0.2, 0.25) is 5.91 Å². The number of halogens is 4. The molecule has 24 heavy (non-hydrogen) atoms. The van der Waals surface area contributed by atoms with Gasteiger partial charge in [-0.3, -0.25) is 4.79 Å². The van der Waals surface area contributed by atoms with Gasteiger partial charge in [-0.25, -0.2) is 0 Å². The molecule has 2 aromatic rings. The van der Waals surface area contributed by atoms with Crippen molar-refractivity contribution in [3.05, 3.63) is 53.1 Å². The highest BCUT2D eigenvalue weighted by Crippen LogP contribution is 2.34. The maximum Gasteiger partial charge on any atom is 0.418 e. The number of hydrogen-bond donors (Lipinski definition) is 2. The number of ether oxygens (including phenoxy) is 1. The second-order valence-corrected chi connectivity index (χ2v) is 5.23. The second kappa shape index (κ2) is 7.44. The molecule has 0 fully saturated rings. The minimum Gasteiger partial charge on any atom is -0.495 e. The topological polar surface area (TPSA) is 50.4 Å². The molecule has 2 rings (SSSR count). The first kappa shape index (κ1) is 17.9. The standard InChI is InChI=1S/C16H14ClF3N2O2/c1-24-14-7-6-10(17)8-13(14)22-15(23)9-21-12-5-3-2-4-11(12)16(18,19)20/h2-8,21H,9H2,1H3,(H,22,23). The molecule has 1 amide bonds. The number of benzene rings is 2. The normalized spacial score (nSPS) is 11.0. The summed E-state index contributed by atoms with van der Waals surface area (Å²) in [5.74, 6) is -0.143. The van der Waals surface area contributed by atoms with E-state index in [0.29, 0.717) is 16.5 Å². The largest absolute Gasteiger partial charge is 0.495 e. The molecule has 0 bridgehead atoms. The van der Waals surface area contributed by atoms with Gasteiger partial charge in [-0.15, -0.1) is 0 Å². The van der Waals surface area contributed by atoms with Crippen molar-refractivity contribution in [2.45, 2.75) is 6.18 Å². The third-order valence-electron chi connectivity index (χ3n) is 3.11. The average molecular weight is 359 g/mol. The van der Waals surface area contributed by atoms with Crippen LogP contribution in [0, 0.1) is 0 Å². The monoisotopic (exact) mass is 358 g/mol. The van der Waals surface area contributed by atoms with E-state index in [4.69, 9.17) is 16.3 Å². The Morgan fingerprint density at radius 3 is 2.54 bits per heavy atom. The van der Waals surface area contributed by atoms with Crippen LogP contribution in [-0.4, -0.2) is 19.6 Å². The number of rotatable bonds is 5. The minimum absolute atomic E-state index is 0.168. The van der Waals surface area contributed by atoms with E-state index < -0.39 is 17.6 Å². The molecular formula is C16H14ClF3N2O2.